The first-order valence-corrected chi connectivity index (χ1v) is 10.3. The number of carbonyl (C=O) groups excluding carboxylic acids is 1. The van der Waals surface area contributed by atoms with Crippen molar-refractivity contribution in [3.05, 3.63) is 63.6 Å². The van der Waals surface area contributed by atoms with Gasteiger partial charge in [-0.2, -0.15) is 4.31 Å². The normalized spacial score (nSPS) is 16.2. The molecule has 2 aromatic rings. The summed E-state index contributed by atoms with van der Waals surface area (Å²) in [6.07, 6.45) is 1.00. The molecule has 0 spiro atoms. The van der Waals surface area contributed by atoms with Gasteiger partial charge in [0, 0.05) is 24.8 Å². The molecule has 0 saturated carbocycles. The summed E-state index contributed by atoms with van der Waals surface area (Å²) in [6.45, 7) is 4.30. The molecule has 27 heavy (non-hydrogen) atoms. The van der Waals surface area contributed by atoms with Crippen molar-refractivity contribution in [2.75, 3.05) is 13.1 Å². The van der Waals surface area contributed by atoms with Gasteiger partial charge >= 0.3 is 0 Å². The van der Waals surface area contributed by atoms with Crippen molar-refractivity contribution >= 4 is 15.9 Å². The van der Waals surface area contributed by atoms with E-state index < -0.39 is 21.5 Å². The molecule has 7 nitrogen and oxygen atoms in total. The van der Waals surface area contributed by atoms with E-state index in [4.69, 9.17) is 0 Å². The van der Waals surface area contributed by atoms with Crippen LogP contribution in [0.5, 0.6) is 0 Å². The number of rotatable bonds is 4. The van der Waals surface area contributed by atoms with Crippen LogP contribution in [0.3, 0.4) is 0 Å². The monoisotopic (exact) mass is 389 g/mol. The Hall–Kier alpha value is -2.45. The smallest absolute Gasteiger partial charge is 0.260 e. The quantitative estimate of drug-likeness (QED) is 0.829. The molecule has 1 aliphatic heterocycles. The van der Waals surface area contributed by atoms with E-state index in [0.717, 1.165) is 5.56 Å². The van der Waals surface area contributed by atoms with E-state index in [9.17, 15) is 18.0 Å². The van der Waals surface area contributed by atoms with Crippen molar-refractivity contribution in [2.24, 2.45) is 0 Å². The van der Waals surface area contributed by atoms with Gasteiger partial charge in [0.1, 0.15) is 5.56 Å². The van der Waals surface area contributed by atoms with Crippen LogP contribution >= 0.6 is 0 Å². The first-order valence-electron chi connectivity index (χ1n) is 8.85. The minimum Gasteiger partial charge on any atom is -0.349 e. The molecule has 0 aliphatic carbocycles. The Kier molecular flexibility index (Phi) is 5.48. The molecule has 1 amide bonds. The van der Waals surface area contributed by atoms with Gasteiger partial charge in [0.25, 0.3) is 11.5 Å². The number of sulfonamides is 1. The Morgan fingerprint density at radius 3 is 2.30 bits per heavy atom. The number of hydrogen-bond acceptors (Lipinski definition) is 4. The number of amides is 1. The van der Waals surface area contributed by atoms with E-state index in [1.54, 1.807) is 37.3 Å². The third-order valence-electron chi connectivity index (χ3n) is 4.75. The molecule has 1 fully saturated rings. The maximum absolute atomic E-state index is 12.7. The predicted octanol–water partition coefficient (Wildman–Crippen LogP) is 1.57. The molecule has 1 aromatic carbocycles. The van der Waals surface area contributed by atoms with Gasteiger partial charge in [-0.3, -0.25) is 9.59 Å². The highest BCUT2D eigenvalue weighted by Gasteiger charge is 2.30. The summed E-state index contributed by atoms with van der Waals surface area (Å²) in [4.78, 5) is 27.1. The Morgan fingerprint density at radius 2 is 1.70 bits per heavy atom. The number of piperidine rings is 1. The third-order valence-corrected chi connectivity index (χ3v) is 6.66. The second-order valence-electron chi connectivity index (χ2n) is 6.85. The number of aromatic amines is 1. The van der Waals surface area contributed by atoms with E-state index in [2.05, 4.69) is 10.3 Å². The lowest BCUT2D eigenvalue weighted by Gasteiger charge is -2.31. The number of aromatic nitrogens is 1. The lowest BCUT2D eigenvalue weighted by Crippen LogP contribution is -2.47. The zero-order chi connectivity index (χ0) is 19.6. The third kappa shape index (κ3) is 4.28. The highest BCUT2D eigenvalue weighted by Crippen LogP contribution is 2.21. The second-order valence-corrected chi connectivity index (χ2v) is 8.79. The summed E-state index contributed by atoms with van der Waals surface area (Å²) in [6, 6.07) is 9.79. The zero-order valence-corrected chi connectivity index (χ0v) is 16.2. The molecule has 1 aliphatic rings. The molecule has 144 valence electrons. The van der Waals surface area contributed by atoms with Crippen LogP contribution in [0, 0.1) is 13.8 Å². The second kappa shape index (κ2) is 7.66. The predicted molar refractivity (Wildman–Crippen MR) is 102 cm³/mol. The average molecular weight is 389 g/mol. The SMILES string of the molecule is Cc1ccc(S(=O)(=O)N2CCC(NC(=O)c3ccc(C)[nH]c3=O)CC2)cc1. The number of carbonyl (C=O) groups is 1. The lowest BCUT2D eigenvalue weighted by atomic mass is 10.1. The number of nitrogens with zero attached hydrogens (tertiary/aromatic N) is 1. The minimum atomic E-state index is -3.53. The maximum atomic E-state index is 12.7. The lowest BCUT2D eigenvalue weighted by molar-refractivity contribution is 0.0922. The number of pyridine rings is 1. The van der Waals surface area contributed by atoms with Crippen LogP contribution in [0.4, 0.5) is 0 Å². The number of aryl methyl sites for hydroxylation is 2. The van der Waals surface area contributed by atoms with Crippen LogP contribution < -0.4 is 10.9 Å². The van der Waals surface area contributed by atoms with Gasteiger partial charge in [-0.15, -0.1) is 0 Å². The van der Waals surface area contributed by atoms with Crippen LogP contribution in [0.1, 0.15) is 34.5 Å². The minimum absolute atomic E-state index is 0.0651. The summed E-state index contributed by atoms with van der Waals surface area (Å²) in [5.41, 5.74) is 1.33. The largest absolute Gasteiger partial charge is 0.349 e. The number of H-pyrrole nitrogens is 1. The fourth-order valence-electron chi connectivity index (χ4n) is 3.11. The highest BCUT2D eigenvalue weighted by molar-refractivity contribution is 7.89. The molecule has 2 heterocycles. The molecule has 3 rings (SSSR count). The van der Waals surface area contributed by atoms with Crippen molar-refractivity contribution in [3.8, 4) is 0 Å². The number of hydrogen-bond donors (Lipinski definition) is 2. The fraction of sp³-hybridized carbons (Fsp3) is 0.368. The first kappa shape index (κ1) is 19.3. The van der Waals surface area contributed by atoms with Gasteiger partial charge in [0.15, 0.2) is 0 Å². The molecule has 0 radical (unpaired) electrons. The average Bonchev–Trinajstić information content (AvgIpc) is 2.62. The van der Waals surface area contributed by atoms with Gasteiger partial charge in [-0.1, -0.05) is 17.7 Å². The van der Waals surface area contributed by atoms with Gasteiger partial charge in [-0.25, -0.2) is 8.42 Å². The van der Waals surface area contributed by atoms with Gasteiger partial charge < -0.3 is 10.3 Å². The topological polar surface area (TPSA) is 99.3 Å². The van der Waals surface area contributed by atoms with E-state index in [1.165, 1.54) is 10.4 Å². The molecule has 2 N–H and O–H groups in total. The molecule has 8 heteroatoms. The zero-order valence-electron chi connectivity index (χ0n) is 15.4. The van der Waals surface area contributed by atoms with E-state index in [1.807, 2.05) is 6.92 Å². The van der Waals surface area contributed by atoms with E-state index >= 15 is 0 Å². The van der Waals surface area contributed by atoms with E-state index in [-0.39, 0.29) is 16.5 Å². The Morgan fingerprint density at radius 1 is 1.07 bits per heavy atom. The maximum Gasteiger partial charge on any atom is 0.260 e. The van der Waals surface area contributed by atoms with E-state index in [0.29, 0.717) is 31.6 Å². The molecule has 0 atom stereocenters. The molecular weight excluding hydrogens is 366 g/mol. The Labute approximate surface area is 158 Å². The summed E-state index contributed by atoms with van der Waals surface area (Å²) >= 11 is 0. The van der Waals surface area contributed by atoms with Crippen molar-refractivity contribution in [3.63, 3.8) is 0 Å². The van der Waals surface area contributed by atoms with Crippen LogP contribution in [0.25, 0.3) is 0 Å². The summed E-state index contributed by atoms with van der Waals surface area (Å²) in [7, 11) is -3.53. The highest BCUT2D eigenvalue weighted by atomic mass is 32.2. The molecular formula is C19H23N3O4S. The fourth-order valence-corrected chi connectivity index (χ4v) is 4.58. The molecule has 0 bridgehead atoms. The van der Waals surface area contributed by atoms with Crippen molar-refractivity contribution in [2.45, 2.75) is 37.6 Å². The van der Waals surface area contributed by atoms with Gasteiger partial charge in [0.2, 0.25) is 10.0 Å². The van der Waals surface area contributed by atoms with Crippen LogP contribution in [0.2, 0.25) is 0 Å². The summed E-state index contributed by atoms with van der Waals surface area (Å²) < 4.78 is 26.9. The Balaban J connectivity index is 1.62. The van der Waals surface area contributed by atoms with Gasteiger partial charge in [0.05, 0.1) is 4.90 Å². The standard InChI is InChI=1S/C19H23N3O4S/c1-13-3-6-16(7-4-13)27(25,26)22-11-9-15(10-12-22)21-19(24)17-8-5-14(2)20-18(17)23/h3-8,15H,9-12H2,1-2H3,(H,20,23)(H,21,24). The van der Waals surface area contributed by atoms with Crippen LogP contribution in [-0.2, 0) is 10.0 Å². The molecule has 0 unspecified atom stereocenters. The van der Waals surface area contributed by atoms with Gasteiger partial charge in [-0.05, 0) is 51.0 Å². The number of nitrogens with one attached hydrogen (secondary N) is 2. The Bertz CT molecular complexity index is 988. The summed E-state index contributed by atoms with van der Waals surface area (Å²) in [5.74, 6) is -0.434. The first-order chi connectivity index (χ1) is 12.8. The summed E-state index contributed by atoms with van der Waals surface area (Å²) in [5, 5.41) is 2.83. The van der Waals surface area contributed by atoms with Crippen molar-refractivity contribution in [1.82, 2.24) is 14.6 Å². The number of benzene rings is 1. The van der Waals surface area contributed by atoms with Crippen molar-refractivity contribution < 1.29 is 13.2 Å². The van der Waals surface area contributed by atoms with Crippen LogP contribution in [0.15, 0.2) is 46.1 Å². The molecule has 1 aromatic heterocycles. The van der Waals surface area contributed by atoms with Crippen molar-refractivity contribution in [1.29, 1.82) is 0 Å². The molecule has 1 saturated heterocycles. The van der Waals surface area contributed by atoms with Crippen LogP contribution in [-0.4, -0.2) is 42.7 Å².